The Labute approximate surface area is 162 Å². The number of nitrogens with one attached hydrogen (secondary N) is 1. The van der Waals surface area contributed by atoms with Crippen molar-refractivity contribution < 1.29 is 13.2 Å². The number of amides is 1. The van der Waals surface area contributed by atoms with Gasteiger partial charge in [0, 0.05) is 57.0 Å². The Morgan fingerprint density at radius 1 is 1.11 bits per heavy atom. The van der Waals surface area contributed by atoms with E-state index in [1.807, 2.05) is 39.0 Å². The molecule has 1 aromatic rings. The summed E-state index contributed by atoms with van der Waals surface area (Å²) in [6, 6.07) is 8.58. The first-order valence-corrected chi connectivity index (χ1v) is 11.2. The van der Waals surface area contributed by atoms with E-state index in [9.17, 15) is 13.2 Å². The summed E-state index contributed by atoms with van der Waals surface area (Å²) in [7, 11) is -3.59. The molecule has 150 valence electrons. The zero-order chi connectivity index (χ0) is 19.6. The molecule has 0 spiro atoms. The van der Waals surface area contributed by atoms with Gasteiger partial charge in [0.15, 0.2) is 0 Å². The summed E-state index contributed by atoms with van der Waals surface area (Å²) in [6.07, 6.45) is 0. The van der Waals surface area contributed by atoms with Gasteiger partial charge in [0.2, 0.25) is 15.9 Å². The van der Waals surface area contributed by atoms with Crippen LogP contribution in [0.15, 0.2) is 24.3 Å². The van der Waals surface area contributed by atoms with E-state index in [0.717, 1.165) is 5.69 Å². The molecule has 2 aliphatic rings. The van der Waals surface area contributed by atoms with Crippen molar-refractivity contribution in [3.63, 3.8) is 0 Å². The van der Waals surface area contributed by atoms with Gasteiger partial charge in [0.05, 0.1) is 0 Å². The molecule has 7 nitrogen and oxygen atoms in total. The summed E-state index contributed by atoms with van der Waals surface area (Å²) in [6.45, 7) is 9.28. The van der Waals surface area contributed by atoms with E-state index in [0.29, 0.717) is 39.3 Å². The highest BCUT2D eigenvalue weighted by atomic mass is 32.2. The number of carbonyl (C=O) groups excluding carboxylic acids is 1. The maximum absolute atomic E-state index is 12.7. The van der Waals surface area contributed by atoms with Crippen molar-refractivity contribution in [2.45, 2.75) is 32.9 Å². The number of anilines is 1. The predicted molar refractivity (Wildman–Crippen MR) is 107 cm³/mol. The average molecular weight is 395 g/mol. The highest BCUT2D eigenvalue weighted by Gasteiger charge is 2.32. The molecule has 8 heteroatoms. The summed E-state index contributed by atoms with van der Waals surface area (Å²) in [5.74, 6) is -0.729. The molecule has 0 aliphatic carbocycles. The van der Waals surface area contributed by atoms with E-state index in [-0.39, 0.29) is 18.0 Å². The van der Waals surface area contributed by atoms with Crippen LogP contribution in [-0.2, 0) is 14.8 Å². The van der Waals surface area contributed by atoms with Crippen LogP contribution in [0.2, 0.25) is 0 Å². The molecule has 2 aliphatic heterocycles. The van der Waals surface area contributed by atoms with Gasteiger partial charge in [-0.1, -0.05) is 12.1 Å². The van der Waals surface area contributed by atoms with Gasteiger partial charge in [-0.3, -0.25) is 4.79 Å². The van der Waals surface area contributed by atoms with Crippen LogP contribution in [0.3, 0.4) is 0 Å². The summed E-state index contributed by atoms with van der Waals surface area (Å²) >= 11 is 0. The maximum Gasteiger partial charge on any atom is 0.239 e. The van der Waals surface area contributed by atoms with Crippen LogP contribution in [0.1, 0.15) is 19.4 Å². The Morgan fingerprint density at radius 2 is 1.74 bits per heavy atom. The molecule has 0 saturated carbocycles. The Morgan fingerprint density at radius 3 is 2.33 bits per heavy atom. The van der Waals surface area contributed by atoms with Crippen molar-refractivity contribution in [1.29, 1.82) is 0 Å². The number of sulfonamides is 1. The third-order valence-electron chi connectivity index (χ3n) is 5.21. The predicted octanol–water partition coefficient (Wildman–Crippen LogP) is 0.656. The minimum absolute atomic E-state index is 0.179. The lowest BCUT2D eigenvalue weighted by atomic mass is 10.1. The molecule has 3 rings (SSSR count). The first-order chi connectivity index (χ1) is 12.7. The van der Waals surface area contributed by atoms with Crippen molar-refractivity contribution >= 4 is 21.6 Å². The second-order valence-corrected chi connectivity index (χ2v) is 9.72. The molecular weight excluding hydrogens is 364 g/mol. The smallest absolute Gasteiger partial charge is 0.239 e. The van der Waals surface area contributed by atoms with Crippen LogP contribution >= 0.6 is 0 Å². The quantitative estimate of drug-likeness (QED) is 0.812. The molecule has 0 bridgehead atoms. The first kappa shape index (κ1) is 20.1. The van der Waals surface area contributed by atoms with Gasteiger partial charge in [-0.15, -0.1) is 0 Å². The van der Waals surface area contributed by atoms with Gasteiger partial charge >= 0.3 is 0 Å². The van der Waals surface area contributed by atoms with Crippen molar-refractivity contribution in [1.82, 2.24) is 14.5 Å². The fraction of sp³-hybridized carbons (Fsp3) is 0.632. The largest absolute Gasteiger partial charge is 0.369 e. The van der Waals surface area contributed by atoms with Crippen molar-refractivity contribution in [3.05, 3.63) is 29.8 Å². The van der Waals surface area contributed by atoms with E-state index in [1.54, 1.807) is 4.90 Å². The van der Waals surface area contributed by atoms with E-state index >= 15 is 0 Å². The maximum atomic E-state index is 12.7. The van der Waals surface area contributed by atoms with Gasteiger partial charge in [0.1, 0.15) is 5.75 Å². The Bertz CT molecular complexity index is 765. The Kier molecular flexibility index (Phi) is 6.08. The topological polar surface area (TPSA) is 73.0 Å². The second-order valence-electron chi connectivity index (χ2n) is 7.75. The van der Waals surface area contributed by atoms with Gasteiger partial charge in [-0.2, -0.15) is 4.31 Å². The molecule has 1 aromatic carbocycles. The summed E-state index contributed by atoms with van der Waals surface area (Å²) in [4.78, 5) is 16.4. The molecule has 0 aromatic heterocycles. The van der Waals surface area contributed by atoms with Crippen molar-refractivity contribution in [3.8, 4) is 0 Å². The van der Waals surface area contributed by atoms with E-state index in [4.69, 9.17) is 0 Å². The standard InChI is InChI=1S/C19H30N4O3S/c1-15-5-4-6-18(11-15)21-7-9-23(10-8-21)27(25,26)14-19(24)22-12-16(2)20-17(3)13-22/h4-6,11,16-17,20H,7-10,12-14H2,1-3H3/t16-,17+. The molecule has 0 unspecified atom stereocenters. The lowest BCUT2D eigenvalue weighted by molar-refractivity contribution is -0.130. The lowest BCUT2D eigenvalue weighted by Crippen LogP contribution is -2.57. The molecular formula is C19H30N4O3S. The molecule has 1 N–H and O–H groups in total. The fourth-order valence-corrected chi connectivity index (χ4v) is 5.32. The number of carbonyl (C=O) groups is 1. The molecule has 0 radical (unpaired) electrons. The highest BCUT2D eigenvalue weighted by molar-refractivity contribution is 7.89. The summed E-state index contributed by atoms with van der Waals surface area (Å²) in [5.41, 5.74) is 2.31. The second kappa shape index (κ2) is 8.16. The van der Waals surface area contributed by atoms with Crippen LogP contribution in [0.4, 0.5) is 5.69 Å². The number of piperazine rings is 2. The van der Waals surface area contributed by atoms with E-state index in [1.165, 1.54) is 9.87 Å². The molecule has 2 atom stereocenters. The van der Waals surface area contributed by atoms with Crippen LogP contribution in [0.25, 0.3) is 0 Å². The number of rotatable bonds is 4. The summed E-state index contributed by atoms with van der Waals surface area (Å²) < 4.78 is 27.0. The number of nitrogens with zero attached hydrogens (tertiary/aromatic N) is 3. The Balaban J connectivity index is 1.57. The summed E-state index contributed by atoms with van der Waals surface area (Å²) in [5, 5.41) is 3.36. The van der Waals surface area contributed by atoms with Crippen LogP contribution < -0.4 is 10.2 Å². The SMILES string of the molecule is Cc1cccc(N2CCN(S(=O)(=O)CC(=O)N3C[C@@H](C)N[C@@H](C)C3)CC2)c1. The number of aryl methyl sites for hydroxylation is 1. The Hall–Kier alpha value is -1.64. The minimum Gasteiger partial charge on any atom is -0.369 e. The number of benzene rings is 1. The average Bonchev–Trinajstić information content (AvgIpc) is 2.60. The van der Waals surface area contributed by atoms with Gasteiger partial charge in [-0.25, -0.2) is 8.42 Å². The zero-order valence-corrected chi connectivity index (χ0v) is 17.2. The number of hydrogen-bond donors (Lipinski definition) is 1. The highest BCUT2D eigenvalue weighted by Crippen LogP contribution is 2.19. The molecule has 2 heterocycles. The minimum atomic E-state index is -3.59. The van der Waals surface area contributed by atoms with Crippen LogP contribution in [0.5, 0.6) is 0 Å². The van der Waals surface area contributed by atoms with Crippen LogP contribution in [0, 0.1) is 6.92 Å². The van der Waals surface area contributed by atoms with Gasteiger partial charge < -0.3 is 15.1 Å². The number of hydrogen-bond acceptors (Lipinski definition) is 5. The third kappa shape index (κ3) is 5.00. The van der Waals surface area contributed by atoms with E-state index in [2.05, 4.69) is 16.3 Å². The lowest BCUT2D eigenvalue weighted by Gasteiger charge is -2.37. The monoisotopic (exact) mass is 394 g/mol. The molecule has 2 saturated heterocycles. The fourth-order valence-electron chi connectivity index (χ4n) is 3.92. The van der Waals surface area contributed by atoms with Crippen molar-refractivity contribution in [2.75, 3.05) is 49.9 Å². The van der Waals surface area contributed by atoms with Gasteiger partial charge in [-0.05, 0) is 38.5 Å². The zero-order valence-electron chi connectivity index (χ0n) is 16.4. The normalized spacial score (nSPS) is 24.9. The van der Waals surface area contributed by atoms with Gasteiger partial charge in [0.25, 0.3) is 0 Å². The van der Waals surface area contributed by atoms with Crippen LogP contribution in [-0.4, -0.2) is 80.6 Å². The third-order valence-corrected chi connectivity index (χ3v) is 6.98. The van der Waals surface area contributed by atoms with E-state index < -0.39 is 15.8 Å². The first-order valence-electron chi connectivity index (χ1n) is 9.58. The molecule has 27 heavy (non-hydrogen) atoms. The molecule has 1 amide bonds. The van der Waals surface area contributed by atoms with Crippen molar-refractivity contribution in [2.24, 2.45) is 0 Å². The molecule has 2 fully saturated rings.